The first-order chi connectivity index (χ1) is 9.33. The van der Waals surface area contributed by atoms with Gasteiger partial charge in [0.05, 0.1) is 4.92 Å². The lowest BCUT2D eigenvalue weighted by Gasteiger charge is -2.20. The third-order valence-corrected chi connectivity index (χ3v) is 2.65. The van der Waals surface area contributed by atoms with Crippen LogP contribution in [0.4, 0.5) is 5.69 Å². The van der Waals surface area contributed by atoms with Gasteiger partial charge in [-0.15, -0.1) is 0 Å². The molecule has 0 spiro atoms. The fraction of sp³-hybridized carbons (Fsp3) is 0.429. The van der Waals surface area contributed by atoms with Crippen LogP contribution in [0, 0.1) is 10.1 Å². The monoisotopic (exact) mass is 298 g/mol. The van der Waals surface area contributed by atoms with E-state index in [1.165, 1.54) is 11.6 Å². The van der Waals surface area contributed by atoms with E-state index in [-0.39, 0.29) is 23.6 Å². The Balaban J connectivity index is 2.86. The van der Waals surface area contributed by atoms with Crippen LogP contribution in [-0.2, 0) is 6.54 Å². The highest BCUT2D eigenvalue weighted by molar-refractivity contribution is 6.25. The number of benzene rings is 1. The molecule has 0 aliphatic carbocycles. The normalized spacial score (nSPS) is 11.8. The van der Waals surface area contributed by atoms with Gasteiger partial charge in [0, 0.05) is 23.7 Å². The first-order valence-electron chi connectivity index (χ1n) is 6.24. The van der Waals surface area contributed by atoms with E-state index in [9.17, 15) is 10.1 Å². The van der Waals surface area contributed by atoms with Gasteiger partial charge >= 0.3 is 5.69 Å². The zero-order valence-electron chi connectivity index (χ0n) is 11.9. The average molecular weight is 299 g/mol. The molecule has 110 valence electrons. The Morgan fingerprint density at radius 3 is 2.70 bits per heavy atom. The largest absolute Gasteiger partial charge is 0.483 e. The summed E-state index contributed by atoms with van der Waals surface area (Å²) in [7, 11) is 0. The lowest BCUT2D eigenvalue weighted by atomic mass is 10.1. The number of nitrogens with one attached hydrogen (secondary N) is 1. The molecular formula is C14H19ClN2O3. The molecule has 0 amide bonds. The molecule has 1 aromatic rings. The molecule has 0 fully saturated rings. The number of hydrogen-bond acceptors (Lipinski definition) is 4. The predicted octanol–water partition coefficient (Wildman–Crippen LogP) is 3.61. The van der Waals surface area contributed by atoms with E-state index in [1.807, 2.05) is 26.8 Å². The number of nitro groups is 1. The van der Waals surface area contributed by atoms with Crippen LogP contribution < -0.4 is 10.1 Å². The minimum Gasteiger partial charge on any atom is -0.483 e. The van der Waals surface area contributed by atoms with Crippen LogP contribution in [-0.4, -0.2) is 17.1 Å². The molecule has 5 nitrogen and oxygen atoms in total. The molecule has 0 unspecified atom stereocenters. The van der Waals surface area contributed by atoms with Crippen molar-refractivity contribution in [3.8, 4) is 5.75 Å². The molecule has 0 aliphatic rings. The second kappa shape index (κ2) is 7.26. The standard InChI is InChI=1S/C14H19ClN2O3/c1-14(2,3)16-10-11-5-6-13(20-8-4-7-15)12(9-11)17(18)19/h4-7,9,16H,8,10H2,1-3H3. The van der Waals surface area contributed by atoms with Gasteiger partial charge in [0.25, 0.3) is 0 Å². The Labute approximate surface area is 123 Å². The summed E-state index contributed by atoms with van der Waals surface area (Å²) in [5.41, 5.74) is 2.07. The minimum absolute atomic E-state index is 0.0406. The predicted molar refractivity (Wildman–Crippen MR) is 80.2 cm³/mol. The van der Waals surface area contributed by atoms with E-state index in [1.54, 1.807) is 12.1 Å². The topological polar surface area (TPSA) is 64.4 Å². The van der Waals surface area contributed by atoms with Crippen molar-refractivity contribution >= 4 is 17.3 Å². The first kappa shape index (κ1) is 16.5. The lowest BCUT2D eigenvalue weighted by molar-refractivity contribution is -0.385. The maximum atomic E-state index is 11.1. The second-order valence-corrected chi connectivity index (χ2v) is 5.59. The van der Waals surface area contributed by atoms with Crippen molar-refractivity contribution in [2.45, 2.75) is 32.9 Å². The van der Waals surface area contributed by atoms with Crippen LogP contribution in [0.3, 0.4) is 0 Å². The van der Waals surface area contributed by atoms with E-state index in [4.69, 9.17) is 16.3 Å². The van der Waals surface area contributed by atoms with Crippen molar-refractivity contribution < 1.29 is 9.66 Å². The van der Waals surface area contributed by atoms with Gasteiger partial charge in [0.1, 0.15) is 6.61 Å². The van der Waals surface area contributed by atoms with Gasteiger partial charge in [-0.05, 0) is 38.5 Å². The van der Waals surface area contributed by atoms with Crippen LogP contribution >= 0.6 is 11.6 Å². The number of ether oxygens (including phenoxy) is 1. The van der Waals surface area contributed by atoms with Crippen LogP contribution in [0.1, 0.15) is 26.3 Å². The Morgan fingerprint density at radius 2 is 2.15 bits per heavy atom. The molecule has 0 saturated carbocycles. The fourth-order valence-electron chi connectivity index (χ4n) is 1.48. The lowest BCUT2D eigenvalue weighted by Crippen LogP contribution is -2.35. The van der Waals surface area contributed by atoms with Crippen LogP contribution in [0.2, 0.25) is 0 Å². The number of nitrogens with zero attached hydrogens (tertiary/aromatic N) is 1. The average Bonchev–Trinajstić information content (AvgIpc) is 2.36. The Kier molecular flexibility index (Phi) is 5.98. The highest BCUT2D eigenvalue weighted by Crippen LogP contribution is 2.28. The van der Waals surface area contributed by atoms with E-state index in [0.29, 0.717) is 6.54 Å². The molecule has 0 radical (unpaired) electrons. The van der Waals surface area contributed by atoms with Gasteiger partial charge in [0.2, 0.25) is 0 Å². The molecule has 0 heterocycles. The first-order valence-corrected chi connectivity index (χ1v) is 6.67. The summed E-state index contributed by atoms with van der Waals surface area (Å²) < 4.78 is 5.31. The summed E-state index contributed by atoms with van der Waals surface area (Å²) >= 11 is 5.38. The molecule has 1 rings (SSSR count). The molecule has 0 aromatic heterocycles. The molecule has 0 aliphatic heterocycles. The van der Waals surface area contributed by atoms with Crippen LogP contribution in [0.5, 0.6) is 5.75 Å². The maximum Gasteiger partial charge on any atom is 0.311 e. The Morgan fingerprint density at radius 1 is 1.45 bits per heavy atom. The van der Waals surface area contributed by atoms with Gasteiger partial charge in [0.15, 0.2) is 5.75 Å². The zero-order valence-corrected chi connectivity index (χ0v) is 12.6. The fourth-order valence-corrected chi connectivity index (χ4v) is 1.55. The van der Waals surface area contributed by atoms with Crippen LogP contribution in [0.25, 0.3) is 0 Å². The van der Waals surface area contributed by atoms with Gasteiger partial charge in [-0.3, -0.25) is 10.1 Å². The Bertz CT molecular complexity index is 496. The Hall–Kier alpha value is -1.59. The SMILES string of the molecule is CC(C)(C)NCc1ccc(OCC=CCl)c([N+](=O)[O-])c1. The van der Waals surface area contributed by atoms with E-state index in [0.717, 1.165) is 5.56 Å². The summed E-state index contributed by atoms with van der Waals surface area (Å²) in [5.74, 6) is 0.240. The number of hydrogen-bond donors (Lipinski definition) is 1. The number of halogens is 1. The number of rotatable bonds is 6. The molecule has 6 heteroatoms. The molecular weight excluding hydrogens is 280 g/mol. The summed E-state index contributed by atoms with van der Waals surface area (Å²) in [6, 6.07) is 4.95. The third-order valence-electron chi connectivity index (χ3n) is 2.47. The molecule has 0 atom stereocenters. The van der Waals surface area contributed by atoms with E-state index < -0.39 is 4.92 Å². The quantitative estimate of drug-likeness (QED) is 0.643. The number of nitro benzene ring substituents is 1. The van der Waals surface area contributed by atoms with Crippen molar-refractivity contribution in [3.63, 3.8) is 0 Å². The van der Waals surface area contributed by atoms with Gasteiger partial charge in [-0.1, -0.05) is 17.7 Å². The summed E-state index contributed by atoms with van der Waals surface area (Å²) in [6.45, 7) is 6.88. The molecule has 0 bridgehead atoms. The second-order valence-electron chi connectivity index (χ2n) is 5.34. The van der Waals surface area contributed by atoms with Gasteiger partial charge in [-0.2, -0.15) is 0 Å². The highest BCUT2D eigenvalue weighted by atomic mass is 35.5. The molecule has 1 aromatic carbocycles. The van der Waals surface area contributed by atoms with Gasteiger partial charge < -0.3 is 10.1 Å². The van der Waals surface area contributed by atoms with Crippen molar-refractivity contribution in [1.82, 2.24) is 5.32 Å². The van der Waals surface area contributed by atoms with Crippen LogP contribution in [0.15, 0.2) is 29.8 Å². The molecule has 0 saturated heterocycles. The minimum atomic E-state index is -0.444. The maximum absolute atomic E-state index is 11.1. The summed E-state index contributed by atoms with van der Waals surface area (Å²) in [4.78, 5) is 10.6. The summed E-state index contributed by atoms with van der Waals surface area (Å²) in [6.07, 6.45) is 1.57. The van der Waals surface area contributed by atoms with E-state index >= 15 is 0 Å². The summed E-state index contributed by atoms with van der Waals surface area (Å²) in [5, 5.41) is 14.4. The van der Waals surface area contributed by atoms with Gasteiger partial charge in [-0.25, -0.2) is 0 Å². The smallest absolute Gasteiger partial charge is 0.311 e. The van der Waals surface area contributed by atoms with Crippen molar-refractivity contribution in [2.75, 3.05) is 6.61 Å². The molecule has 20 heavy (non-hydrogen) atoms. The molecule has 1 N–H and O–H groups in total. The van der Waals surface area contributed by atoms with Crippen molar-refractivity contribution in [3.05, 3.63) is 45.5 Å². The third kappa shape index (κ3) is 5.59. The van der Waals surface area contributed by atoms with Crippen molar-refractivity contribution in [1.29, 1.82) is 0 Å². The van der Waals surface area contributed by atoms with Crippen molar-refractivity contribution in [2.24, 2.45) is 0 Å². The zero-order chi connectivity index (χ0) is 15.2. The van der Waals surface area contributed by atoms with E-state index in [2.05, 4.69) is 5.32 Å². The highest BCUT2D eigenvalue weighted by Gasteiger charge is 2.16.